The number of rotatable bonds is 5. The molecule has 132 valence electrons. The monoisotopic (exact) mass is 380 g/mol. The molecule has 0 amide bonds. The molecule has 0 aliphatic heterocycles. The van der Waals surface area contributed by atoms with Gasteiger partial charge in [0.25, 0.3) is 0 Å². The zero-order valence-electron chi connectivity index (χ0n) is 13.4. The van der Waals surface area contributed by atoms with Crippen LogP contribution in [0, 0.1) is 0 Å². The van der Waals surface area contributed by atoms with Crippen LogP contribution in [0.1, 0.15) is 36.9 Å². The molecule has 25 heavy (non-hydrogen) atoms. The fraction of sp³-hybridized carbons (Fsp3) is 0.353. The normalized spacial score (nSPS) is 15.4. The van der Waals surface area contributed by atoms with Crippen LogP contribution >= 0.6 is 24.0 Å². The van der Waals surface area contributed by atoms with Gasteiger partial charge < -0.3 is 14.7 Å². The van der Waals surface area contributed by atoms with Crippen molar-refractivity contribution >= 4 is 24.0 Å². The molecular formula is C17H18Cl2N4O2. The summed E-state index contributed by atoms with van der Waals surface area (Å²) < 4.78 is 11.1. The van der Waals surface area contributed by atoms with Crippen molar-refractivity contribution in [1.82, 2.24) is 15.1 Å². The number of hydrogen-bond donors (Lipinski definition) is 1. The maximum absolute atomic E-state index is 6.20. The van der Waals surface area contributed by atoms with Gasteiger partial charge in [-0.15, -0.1) is 12.4 Å². The number of nitrogens with zero attached hydrogens (tertiary/aromatic N) is 3. The van der Waals surface area contributed by atoms with Crippen molar-refractivity contribution in [2.45, 2.75) is 37.6 Å². The fourth-order valence-electron chi connectivity index (χ4n) is 2.73. The van der Waals surface area contributed by atoms with E-state index in [0.29, 0.717) is 41.2 Å². The van der Waals surface area contributed by atoms with Gasteiger partial charge in [0.05, 0.1) is 11.7 Å². The lowest BCUT2D eigenvalue weighted by Gasteiger charge is -2.34. The standard InChI is InChI=1S/C17H17ClN4O2.ClH/c18-12-4-2-11(3-5-12)13-10-20-14(23-13)6-7-15-21-16(22-24-15)17(19)8-1-9-17;/h2-5,10H,1,6-9,19H2;1H. The van der Waals surface area contributed by atoms with Gasteiger partial charge in [-0.3, -0.25) is 0 Å². The molecule has 1 saturated carbocycles. The van der Waals surface area contributed by atoms with Crippen LogP contribution in [0.5, 0.6) is 0 Å². The van der Waals surface area contributed by atoms with Crippen LogP contribution in [0.3, 0.4) is 0 Å². The summed E-state index contributed by atoms with van der Waals surface area (Å²) in [5, 5.41) is 4.70. The summed E-state index contributed by atoms with van der Waals surface area (Å²) in [5.74, 6) is 2.51. The number of aromatic nitrogens is 3. The number of halogens is 2. The van der Waals surface area contributed by atoms with Crippen molar-refractivity contribution in [2.75, 3.05) is 0 Å². The summed E-state index contributed by atoms with van der Waals surface area (Å²) in [6.07, 6.45) is 5.81. The first-order valence-corrected chi connectivity index (χ1v) is 8.33. The molecule has 0 bridgehead atoms. The van der Waals surface area contributed by atoms with Crippen LogP contribution in [0.25, 0.3) is 11.3 Å². The molecule has 2 aromatic heterocycles. The van der Waals surface area contributed by atoms with Gasteiger partial charge in [0.15, 0.2) is 17.5 Å². The van der Waals surface area contributed by atoms with E-state index in [9.17, 15) is 0 Å². The predicted molar refractivity (Wildman–Crippen MR) is 95.6 cm³/mol. The third-order valence-electron chi connectivity index (χ3n) is 4.39. The highest BCUT2D eigenvalue weighted by atomic mass is 35.5. The Kier molecular flexibility index (Phi) is 5.13. The molecule has 1 aromatic carbocycles. The van der Waals surface area contributed by atoms with Crippen LogP contribution in [0.15, 0.2) is 39.4 Å². The number of oxazole rings is 1. The van der Waals surface area contributed by atoms with Gasteiger partial charge >= 0.3 is 0 Å². The molecule has 1 fully saturated rings. The Morgan fingerprint density at radius 3 is 2.52 bits per heavy atom. The van der Waals surface area contributed by atoms with Crippen LogP contribution in [-0.4, -0.2) is 15.1 Å². The van der Waals surface area contributed by atoms with E-state index in [4.69, 9.17) is 26.3 Å². The smallest absolute Gasteiger partial charge is 0.227 e. The molecule has 0 atom stereocenters. The maximum Gasteiger partial charge on any atom is 0.227 e. The highest BCUT2D eigenvalue weighted by molar-refractivity contribution is 6.30. The van der Waals surface area contributed by atoms with Crippen LogP contribution < -0.4 is 5.73 Å². The molecule has 0 saturated heterocycles. The second-order valence-electron chi connectivity index (χ2n) is 6.15. The minimum atomic E-state index is -0.396. The van der Waals surface area contributed by atoms with Crippen molar-refractivity contribution in [2.24, 2.45) is 5.73 Å². The van der Waals surface area contributed by atoms with Gasteiger partial charge in [-0.1, -0.05) is 16.8 Å². The average Bonchev–Trinajstić information content (AvgIpc) is 3.21. The highest BCUT2D eigenvalue weighted by Gasteiger charge is 2.38. The van der Waals surface area contributed by atoms with E-state index in [2.05, 4.69) is 15.1 Å². The van der Waals surface area contributed by atoms with Crippen molar-refractivity contribution in [1.29, 1.82) is 0 Å². The third kappa shape index (κ3) is 3.71. The first-order chi connectivity index (χ1) is 11.6. The molecule has 0 radical (unpaired) electrons. The molecule has 6 nitrogen and oxygen atoms in total. The minimum Gasteiger partial charge on any atom is -0.441 e. The Morgan fingerprint density at radius 2 is 1.84 bits per heavy atom. The molecule has 0 unspecified atom stereocenters. The number of nitrogens with two attached hydrogens (primary N) is 1. The quantitative estimate of drug-likeness (QED) is 0.720. The van der Waals surface area contributed by atoms with Gasteiger partial charge in [0.2, 0.25) is 5.89 Å². The average molecular weight is 381 g/mol. The molecule has 1 aliphatic rings. The van der Waals surface area contributed by atoms with Gasteiger partial charge in [0.1, 0.15) is 0 Å². The van der Waals surface area contributed by atoms with E-state index in [-0.39, 0.29) is 12.4 Å². The predicted octanol–water partition coefficient (Wildman–Crippen LogP) is 3.92. The summed E-state index contributed by atoms with van der Waals surface area (Å²) >= 11 is 5.89. The van der Waals surface area contributed by atoms with E-state index < -0.39 is 5.54 Å². The zero-order valence-corrected chi connectivity index (χ0v) is 15.0. The molecule has 2 heterocycles. The molecule has 3 aromatic rings. The van der Waals surface area contributed by atoms with Crippen LogP contribution in [0.4, 0.5) is 0 Å². The second kappa shape index (κ2) is 7.15. The van der Waals surface area contributed by atoms with Gasteiger partial charge in [-0.2, -0.15) is 4.98 Å². The van der Waals surface area contributed by atoms with Crippen LogP contribution in [-0.2, 0) is 18.4 Å². The van der Waals surface area contributed by atoms with Gasteiger partial charge in [-0.25, -0.2) is 4.98 Å². The molecule has 4 rings (SSSR count). The fourth-order valence-corrected chi connectivity index (χ4v) is 2.85. The lowest BCUT2D eigenvalue weighted by Crippen LogP contribution is -2.44. The van der Waals surface area contributed by atoms with Crippen LogP contribution in [0.2, 0.25) is 5.02 Å². The Bertz CT molecular complexity index is 840. The first-order valence-electron chi connectivity index (χ1n) is 7.95. The minimum absolute atomic E-state index is 0. The maximum atomic E-state index is 6.20. The van der Waals surface area contributed by atoms with E-state index in [1.165, 1.54) is 0 Å². The molecule has 2 N–H and O–H groups in total. The van der Waals surface area contributed by atoms with Crippen molar-refractivity contribution in [3.05, 3.63) is 53.1 Å². The largest absolute Gasteiger partial charge is 0.441 e. The first kappa shape index (κ1) is 17.9. The lowest BCUT2D eigenvalue weighted by molar-refractivity contribution is 0.229. The molecular weight excluding hydrogens is 363 g/mol. The SMILES string of the molecule is Cl.NC1(c2noc(CCc3ncc(-c4ccc(Cl)cc4)o3)n2)CCC1. The second-order valence-corrected chi connectivity index (χ2v) is 6.58. The van der Waals surface area contributed by atoms with Gasteiger partial charge in [-0.05, 0) is 43.5 Å². The van der Waals surface area contributed by atoms with Crippen molar-refractivity contribution in [3.8, 4) is 11.3 Å². The zero-order chi connectivity index (χ0) is 16.6. The highest BCUT2D eigenvalue weighted by Crippen LogP contribution is 2.36. The van der Waals surface area contributed by atoms with E-state index >= 15 is 0 Å². The topological polar surface area (TPSA) is 91.0 Å². The molecule has 8 heteroatoms. The molecule has 0 spiro atoms. The van der Waals surface area contributed by atoms with E-state index in [0.717, 1.165) is 24.8 Å². The summed E-state index contributed by atoms with van der Waals surface area (Å²) in [4.78, 5) is 8.71. The molecule has 1 aliphatic carbocycles. The Labute approximate surface area is 156 Å². The van der Waals surface area contributed by atoms with E-state index in [1.807, 2.05) is 24.3 Å². The third-order valence-corrected chi connectivity index (χ3v) is 4.65. The van der Waals surface area contributed by atoms with Gasteiger partial charge in [0, 0.05) is 23.4 Å². The Balaban J connectivity index is 0.00000182. The van der Waals surface area contributed by atoms with Crippen molar-refractivity contribution < 1.29 is 8.94 Å². The Morgan fingerprint density at radius 1 is 1.12 bits per heavy atom. The summed E-state index contributed by atoms with van der Waals surface area (Å²) in [6.45, 7) is 0. The number of benzene rings is 1. The summed E-state index contributed by atoms with van der Waals surface area (Å²) in [6, 6.07) is 7.44. The van der Waals surface area contributed by atoms with Crippen molar-refractivity contribution in [3.63, 3.8) is 0 Å². The lowest BCUT2D eigenvalue weighted by atomic mass is 9.77. The number of aryl methyl sites for hydroxylation is 2. The Hall–Kier alpha value is -1.89. The number of hydrogen-bond acceptors (Lipinski definition) is 6. The van der Waals surface area contributed by atoms with E-state index in [1.54, 1.807) is 6.20 Å². The summed E-state index contributed by atoms with van der Waals surface area (Å²) in [7, 11) is 0. The summed E-state index contributed by atoms with van der Waals surface area (Å²) in [5.41, 5.74) is 6.74.